The highest BCUT2D eigenvalue weighted by Crippen LogP contribution is 2.49. The minimum absolute atomic E-state index is 0.219. The van der Waals surface area contributed by atoms with Gasteiger partial charge in [-0.05, 0) is 67.7 Å². The van der Waals surface area contributed by atoms with Gasteiger partial charge in [0.15, 0.2) is 0 Å². The number of aryl methyl sites for hydroxylation is 2. The smallest absolute Gasteiger partial charge is 0.0208 e. The van der Waals surface area contributed by atoms with Gasteiger partial charge in [-0.2, -0.15) is 0 Å². The molecule has 0 N–H and O–H groups in total. The van der Waals surface area contributed by atoms with Crippen LogP contribution >= 0.6 is 0 Å². The van der Waals surface area contributed by atoms with E-state index >= 15 is 0 Å². The molecule has 1 aliphatic rings. The van der Waals surface area contributed by atoms with Crippen molar-refractivity contribution >= 4 is 0 Å². The minimum Gasteiger partial charge on any atom is -0.0654 e. The molecule has 0 bridgehead atoms. The number of rotatable bonds is 7. The fraction of sp³-hybridized carbons (Fsp3) is 0.538. The quantitative estimate of drug-likeness (QED) is 0.449. The molecule has 0 saturated heterocycles. The monoisotopic (exact) mass is 348 g/mol. The van der Waals surface area contributed by atoms with E-state index in [4.69, 9.17) is 0 Å². The van der Waals surface area contributed by atoms with Crippen LogP contribution in [0.2, 0.25) is 0 Å². The zero-order valence-electron chi connectivity index (χ0n) is 17.1. The van der Waals surface area contributed by atoms with Gasteiger partial charge in [0.2, 0.25) is 0 Å². The van der Waals surface area contributed by atoms with Crippen LogP contribution < -0.4 is 0 Å². The topological polar surface area (TPSA) is 0 Å². The normalized spacial score (nSPS) is 17.3. The molecular formula is C26H36. The van der Waals surface area contributed by atoms with Crippen LogP contribution in [0, 0.1) is 19.8 Å². The van der Waals surface area contributed by atoms with Gasteiger partial charge in [-0.15, -0.1) is 0 Å². The second kappa shape index (κ2) is 8.89. The number of benzene rings is 2. The Balaban J connectivity index is 1.84. The van der Waals surface area contributed by atoms with Crippen LogP contribution in [0.5, 0.6) is 0 Å². The molecule has 2 aromatic rings. The van der Waals surface area contributed by atoms with Gasteiger partial charge < -0.3 is 0 Å². The van der Waals surface area contributed by atoms with Gasteiger partial charge in [0.05, 0.1) is 0 Å². The number of unbranched alkanes of at least 4 members (excludes halogenated alkanes) is 3. The molecule has 0 nitrogen and oxygen atoms in total. The van der Waals surface area contributed by atoms with E-state index in [9.17, 15) is 0 Å². The third-order valence-corrected chi connectivity index (χ3v) is 6.75. The summed E-state index contributed by atoms with van der Waals surface area (Å²) in [5.74, 6) is 0.938. The van der Waals surface area contributed by atoms with Crippen LogP contribution in [0.25, 0.3) is 0 Å². The second-order valence-corrected chi connectivity index (χ2v) is 8.50. The first-order valence-corrected chi connectivity index (χ1v) is 10.8. The number of hydrogen-bond donors (Lipinski definition) is 0. The molecule has 0 radical (unpaired) electrons. The van der Waals surface area contributed by atoms with Crippen molar-refractivity contribution in [2.24, 2.45) is 5.92 Å². The molecule has 0 heteroatoms. The molecule has 26 heavy (non-hydrogen) atoms. The van der Waals surface area contributed by atoms with Crippen molar-refractivity contribution in [2.45, 2.75) is 84.0 Å². The fourth-order valence-corrected chi connectivity index (χ4v) is 5.22. The van der Waals surface area contributed by atoms with E-state index in [1.807, 2.05) is 0 Å². The maximum Gasteiger partial charge on any atom is 0.0208 e. The lowest BCUT2D eigenvalue weighted by atomic mass is 9.61. The van der Waals surface area contributed by atoms with Gasteiger partial charge in [-0.3, -0.25) is 0 Å². The van der Waals surface area contributed by atoms with Crippen molar-refractivity contribution in [3.63, 3.8) is 0 Å². The first-order valence-electron chi connectivity index (χ1n) is 10.8. The standard InChI is InChI=1S/C26H36/c1-4-5-6-7-14-23-17-19-26(20-18-23,24-15-10-8-12-21(24)2)25-16-11-9-13-22(25)3/h8-13,15-16,23H,4-7,14,17-20H2,1-3H3. The molecule has 0 heterocycles. The first kappa shape index (κ1) is 19.2. The lowest BCUT2D eigenvalue weighted by Gasteiger charge is -2.43. The molecule has 2 aromatic carbocycles. The van der Waals surface area contributed by atoms with E-state index in [-0.39, 0.29) is 5.41 Å². The van der Waals surface area contributed by atoms with Crippen LogP contribution in [0.1, 0.15) is 87.0 Å². The van der Waals surface area contributed by atoms with Gasteiger partial charge in [0.1, 0.15) is 0 Å². The van der Waals surface area contributed by atoms with Crippen LogP contribution in [0.3, 0.4) is 0 Å². The SMILES string of the molecule is CCCCCCC1CCC(c2ccccc2C)(c2ccccc2C)CC1. The molecule has 3 rings (SSSR count). The van der Waals surface area contributed by atoms with Crippen molar-refractivity contribution < 1.29 is 0 Å². The van der Waals surface area contributed by atoms with Gasteiger partial charge in [0.25, 0.3) is 0 Å². The van der Waals surface area contributed by atoms with E-state index in [0.717, 1.165) is 5.92 Å². The molecule has 140 valence electrons. The van der Waals surface area contributed by atoms with Crippen LogP contribution in [0.15, 0.2) is 48.5 Å². The van der Waals surface area contributed by atoms with Gasteiger partial charge in [-0.1, -0.05) is 87.6 Å². The molecule has 0 amide bonds. The van der Waals surface area contributed by atoms with Crippen molar-refractivity contribution in [1.82, 2.24) is 0 Å². The molecule has 0 aliphatic heterocycles. The summed E-state index contributed by atoms with van der Waals surface area (Å²) in [6.07, 6.45) is 12.4. The third kappa shape index (κ3) is 4.05. The van der Waals surface area contributed by atoms with Gasteiger partial charge >= 0.3 is 0 Å². The van der Waals surface area contributed by atoms with Crippen LogP contribution in [0.4, 0.5) is 0 Å². The Hall–Kier alpha value is -1.56. The summed E-state index contributed by atoms with van der Waals surface area (Å²) in [6, 6.07) is 18.2. The highest BCUT2D eigenvalue weighted by Gasteiger charge is 2.39. The highest BCUT2D eigenvalue weighted by atomic mass is 14.4. The van der Waals surface area contributed by atoms with Crippen LogP contribution in [-0.4, -0.2) is 0 Å². The number of hydrogen-bond acceptors (Lipinski definition) is 0. The lowest BCUT2D eigenvalue weighted by molar-refractivity contribution is 0.249. The van der Waals surface area contributed by atoms with E-state index < -0.39 is 0 Å². The Kier molecular flexibility index (Phi) is 6.57. The Labute approximate surface area is 161 Å². The van der Waals surface area contributed by atoms with Crippen LogP contribution in [-0.2, 0) is 5.41 Å². The maximum absolute atomic E-state index is 2.39. The van der Waals surface area contributed by atoms with Crippen molar-refractivity contribution in [1.29, 1.82) is 0 Å². The summed E-state index contributed by atoms with van der Waals surface area (Å²) in [7, 11) is 0. The largest absolute Gasteiger partial charge is 0.0654 e. The van der Waals surface area contributed by atoms with Crippen molar-refractivity contribution in [3.05, 3.63) is 70.8 Å². The molecule has 1 saturated carbocycles. The zero-order chi connectivity index (χ0) is 18.4. The van der Waals surface area contributed by atoms with E-state index in [1.165, 1.54) is 68.9 Å². The molecule has 1 fully saturated rings. The van der Waals surface area contributed by atoms with Crippen molar-refractivity contribution in [3.8, 4) is 0 Å². The first-order chi connectivity index (χ1) is 12.7. The Morgan fingerprint density at radius 2 is 1.31 bits per heavy atom. The lowest BCUT2D eigenvalue weighted by Crippen LogP contribution is -2.34. The Bertz CT molecular complexity index is 641. The minimum atomic E-state index is 0.219. The Morgan fingerprint density at radius 3 is 1.81 bits per heavy atom. The molecule has 0 unspecified atom stereocenters. The molecule has 1 aliphatic carbocycles. The maximum atomic E-state index is 2.39. The predicted octanol–water partition coefficient (Wildman–Crippen LogP) is 7.75. The summed E-state index contributed by atoms with van der Waals surface area (Å²) in [4.78, 5) is 0. The van der Waals surface area contributed by atoms with Gasteiger partial charge in [-0.25, -0.2) is 0 Å². The molecular weight excluding hydrogens is 312 g/mol. The average Bonchev–Trinajstić information content (AvgIpc) is 2.67. The summed E-state index contributed by atoms with van der Waals surface area (Å²) in [5.41, 5.74) is 6.27. The third-order valence-electron chi connectivity index (χ3n) is 6.75. The molecule has 0 atom stereocenters. The average molecular weight is 349 g/mol. The second-order valence-electron chi connectivity index (χ2n) is 8.50. The summed E-state index contributed by atoms with van der Waals surface area (Å²) < 4.78 is 0. The predicted molar refractivity (Wildman–Crippen MR) is 114 cm³/mol. The van der Waals surface area contributed by atoms with Gasteiger partial charge in [0, 0.05) is 5.41 Å². The Morgan fingerprint density at radius 1 is 0.769 bits per heavy atom. The van der Waals surface area contributed by atoms with E-state index in [2.05, 4.69) is 69.3 Å². The molecule has 0 spiro atoms. The van der Waals surface area contributed by atoms with Crippen molar-refractivity contribution in [2.75, 3.05) is 0 Å². The highest BCUT2D eigenvalue weighted by molar-refractivity contribution is 5.46. The molecule has 0 aromatic heterocycles. The van der Waals surface area contributed by atoms with E-state index in [1.54, 1.807) is 11.1 Å². The summed E-state index contributed by atoms with van der Waals surface area (Å²) >= 11 is 0. The summed E-state index contributed by atoms with van der Waals surface area (Å²) in [6.45, 7) is 6.90. The zero-order valence-corrected chi connectivity index (χ0v) is 17.1. The fourth-order valence-electron chi connectivity index (χ4n) is 5.22. The van der Waals surface area contributed by atoms with E-state index in [0.29, 0.717) is 0 Å². The summed E-state index contributed by atoms with van der Waals surface area (Å²) in [5, 5.41) is 0.